The summed E-state index contributed by atoms with van der Waals surface area (Å²) in [5.41, 5.74) is 4.76. The third kappa shape index (κ3) is 3.16. The van der Waals surface area contributed by atoms with Crippen LogP contribution < -0.4 is 0 Å². The number of hydrogen-bond acceptors (Lipinski definition) is 1. The molecule has 2 aromatic carbocycles. The molecule has 1 nitrogen and oxygen atoms in total. The Bertz CT molecular complexity index is 811. The van der Waals surface area contributed by atoms with E-state index in [4.69, 9.17) is 0 Å². The van der Waals surface area contributed by atoms with Crippen LogP contribution >= 0.6 is 0 Å². The lowest BCUT2D eigenvalue weighted by Gasteiger charge is -2.31. The molecule has 0 heterocycles. The van der Waals surface area contributed by atoms with E-state index in [9.17, 15) is 4.79 Å². The second-order valence-electron chi connectivity index (χ2n) is 8.64. The number of Topliss-reactive ketones (excluding diaryl/α,β-unsaturated/α-hetero) is 1. The molecule has 2 aliphatic rings. The van der Waals surface area contributed by atoms with Crippen molar-refractivity contribution in [2.75, 3.05) is 0 Å². The van der Waals surface area contributed by atoms with Crippen LogP contribution in [0.2, 0.25) is 0 Å². The molecule has 0 aromatic heterocycles. The smallest absolute Gasteiger partial charge is 0.165 e. The minimum Gasteiger partial charge on any atom is -0.294 e. The Hall–Kier alpha value is -2.15. The first kappa shape index (κ1) is 18.6. The number of carbonyl (C=O) groups is 1. The summed E-state index contributed by atoms with van der Waals surface area (Å²) in [6.07, 6.45) is 4.33. The van der Waals surface area contributed by atoms with Gasteiger partial charge in [0.1, 0.15) is 0 Å². The van der Waals surface area contributed by atoms with Gasteiger partial charge in [-0.1, -0.05) is 86.5 Å². The molecule has 136 valence electrons. The van der Waals surface area contributed by atoms with Gasteiger partial charge in [-0.15, -0.1) is 0 Å². The Kier molecular flexibility index (Phi) is 4.92. The maximum absolute atomic E-state index is 12.7. The van der Waals surface area contributed by atoms with Crippen molar-refractivity contribution in [3.63, 3.8) is 0 Å². The minimum atomic E-state index is -0.145. The molecule has 2 fully saturated rings. The molecule has 0 saturated heterocycles. The Balaban J connectivity index is 0.000000236. The van der Waals surface area contributed by atoms with Gasteiger partial charge in [0.25, 0.3) is 0 Å². The molecule has 2 unspecified atom stereocenters. The van der Waals surface area contributed by atoms with E-state index in [0.29, 0.717) is 11.7 Å². The van der Waals surface area contributed by atoms with E-state index in [1.54, 1.807) is 0 Å². The highest BCUT2D eigenvalue weighted by Gasteiger charge is 2.63. The van der Waals surface area contributed by atoms with Gasteiger partial charge in [0.05, 0.1) is 0 Å². The van der Waals surface area contributed by atoms with Gasteiger partial charge in [-0.05, 0) is 55.2 Å². The predicted octanol–water partition coefficient (Wildman–Crippen LogP) is 6.40. The van der Waals surface area contributed by atoms with E-state index in [1.807, 2.05) is 18.2 Å². The molecular formula is C25H30O. The molecule has 4 rings (SSSR count). The van der Waals surface area contributed by atoms with Crippen LogP contribution in [0.3, 0.4) is 0 Å². The van der Waals surface area contributed by atoms with Gasteiger partial charge < -0.3 is 0 Å². The highest BCUT2D eigenvalue weighted by atomic mass is 16.1. The number of benzene rings is 2. The largest absolute Gasteiger partial charge is 0.294 e. The quantitative estimate of drug-likeness (QED) is 0.546. The maximum atomic E-state index is 12.7. The average molecular weight is 347 g/mol. The van der Waals surface area contributed by atoms with Crippen molar-refractivity contribution in [3.8, 4) is 0 Å². The van der Waals surface area contributed by atoms with Gasteiger partial charge >= 0.3 is 0 Å². The molecule has 1 heteroatoms. The average Bonchev–Trinajstić information content (AvgIpc) is 2.92. The third-order valence-corrected chi connectivity index (χ3v) is 6.71. The monoisotopic (exact) mass is 346 g/mol. The van der Waals surface area contributed by atoms with Gasteiger partial charge in [-0.25, -0.2) is 0 Å². The molecule has 2 bridgehead atoms. The minimum absolute atomic E-state index is 0.112. The summed E-state index contributed by atoms with van der Waals surface area (Å²) in [7, 11) is 0. The van der Waals surface area contributed by atoms with Crippen LogP contribution in [0.1, 0.15) is 50.3 Å². The fraction of sp³-hybridized carbons (Fsp3) is 0.400. The van der Waals surface area contributed by atoms with Crippen molar-refractivity contribution in [3.05, 3.63) is 76.9 Å². The van der Waals surface area contributed by atoms with Crippen molar-refractivity contribution in [2.45, 2.75) is 47.5 Å². The number of hydrogen-bond donors (Lipinski definition) is 0. The van der Waals surface area contributed by atoms with Crippen molar-refractivity contribution >= 4 is 11.9 Å². The Morgan fingerprint density at radius 1 is 0.885 bits per heavy atom. The number of carbonyl (C=O) groups excluding carboxylic acids is 1. The van der Waals surface area contributed by atoms with E-state index in [2.05, 4.69) is 77.1 Å². The normalized spacial score (nSPS) is 27.3. The lowest BCUT2D eigenvalue weighted by atomic mass is 9.70. The SMILES string of the molecule is Cc1ccc(/C=C2/C(=O)C3(C)CCC2C3(C)C)cc1.Cc1ccccc1. The van der Waals surface area contributed by atoms with Crippen LogP contribution in [0, 0.1) is 30.6 Å². The zero-order valence-corrected chi connectivity index (χ0v) is 16.7. The summed E-state index contributed by atoms with van der Waals surface area (Å²) in [5, 5.41) is 0. The van der Waals surface area contributed by atoms with E-state index < -0.39 is 0 Å². The molecule has 0 radical (unpaired) electrons. The number of rotatable bonds is 1. The zero-order valence-electron chi connectivity index (χ0n) is 16.7. The van der Waals surface area contributed by atoms with Crippen molar-refractivity contribution in [1.82, 2.24) is 0 Å². The number of ketones is 1. The lowest BCUT2D eigenvalue weighted by molar-refractivity contribution is -0.125. The van der Waals surface area contributed by atoms with E-state index in [1.165, 1.54) is 11.1 Å². The Morgan fingerprint density at radius 3 is 1.92 bits per heavy atom. The van der Waals surface area contributed by atoms with Crippen LogP contribution in [0.25, 0.3) is 6.08 Å². The highest BCUT2D eigenvalue weighted by molar-refractivity contribution is 6.07. The summed E-state index contributed by atoms with van der Waals surface area (Å²) < 4.78 is 0. The Labute approximate surface area is 158 Å². The molecule has 0 aliphatic heterocycles. The van der Waals surface area contributed by atoms with Gasteiger partial charge in [0.15, 0.2) is 5.78 Å². The fourth-order valence-corrected chi connectivity index (χ4v) is 4.47. The number of fused-ring (bicyclic) bond motifs is 2. The van der Waals surface area contributed by atoms with Crippen LogP contribution in [0.15, 0.2) is 60.2 Å². The van der Waals surface area contributed by atoms with Gasteiger partial charge in [-0.3, -0.25) is 4.79 Å². The first-order valence-electron chi connectivity index (χ1n) is 9.60. The number of allylic oxidation sites excluding steroid dienone is 1. The van der Waals surface area contributed by atoms with Crippen LogP contribution in [-0.4, -0.2) is 5.78 Å². The summed E-state index contributed by atoms with van der Waals surface area (Å²) >= 11 is 0. The topological polar surface area (TPSA) is 17.1 Å². The molecule has 26 heavy (non-hydrogen) atoms. The first-order valence-corrected chi connectivity index (χ1v) is 9.60. The molecule has 2 atom stereocenters. The van der Waals surface area contributed by atoms with Crippen molar-refractivity contribution in [2.24, 2.45) is 16.7 Å². The summed E-state index contributed by atoms with van der Waals surface area (Å²) in [6.45, 7) is 10.9. The summed E-state index contributed by atoms with van der Waals surface area (Å²) in [6, 6.07) is 18.7. The van der Waals surface area contributed by atoms with E-state index in [-0.39, 0.29) is 10.8 Å². The van der Waals surface area contributed by atoms with E-state index in [0.717, 1.165) is 24.0 Å². The molecule has 2 aliphatic carbocycles. The molecule has 0 N–H and O–H groups in total. The second-order valence-corrected chi connectivity index (χ2v) is 8.64. The van der Waals surface area contributed by atoms with Crippen LogP contribution in [-0.2, 0) is 4.79 Å². The van der Waals surface area contributed by atoms with E-state index >= 15 is 0 Å². The summed E-state index contributed by atoms with van der Waals surface area (Å²) in [4.78, 5) is 12.7. The highest BCUT2D eigenvalue weighted by Crippen LogP contribution is 2.65. The number of aryl methyl sites for hydroxylation is 2. The van der Waals surface area contributed by atoms with Gasteiger partial charge in [-0.2, -0.15) is 0 Å². The van der Waals surface area contributed by atoms with Gasteiger partial charge in [0.2, 0.25) is 0 Å². The maximum Gasteiger partial charge on any atom is 0.165 e. The predicted molar refractivity (Wildman–Crippen MR) is 110 cm³/mol. The molecule has 0 amide bonds. The zero-order chi connectivity index (χ0) is 18.9. The van der Waals surface area contributed by atoms with Crippen LogP contribution in [0.4, 0.5) is 0 Å². The molecule has 2 aromatic rings. The molecule has 2 saturated carbocycles. The summed E-state index contributed by atoms with van der Waals surface area (Å²) in [5.74, 6) is 0.820. The molecule has 0 spiro atoms. The fourth-order valence-electron chi connectivity index (χ4n) is 4.47. The van der Waals surface area contributed by atoms with Gasteiger partial charge in [0, 0.05) is 5.41 Å². The van der Waals surface area contributed by atoms with Crippen LogP contribution in [0.5, 0.6) is 0 Å². The second kappa shape index (κ2) is 6.87. The third-order valence-electron chi connectivity index (χ3n) is 6.71. The first-order chi connectivity index (χ1) is 12.3. The molecular weight excluding hydrogens is 316 g/mol. The van der Waals surface area contributed by atoms with Crippen molar-refractivity contribution in [1.29, 1.82) is 0 Å². The van der Waals surface area contributed by atoms with Crippen molar-refractivity contribution < 1.29 is 4.79 Å². The standard InChI is InChI=1S/C18H22O.C7H8/c1-12-5-7-13(8-6-12)11-14-15-9-10-18(4,16(14)19)17(15,2)3;1-7-5-3-2-4-6-7/h5-8,11,15H,9-10H2,1-4H3;2-6H,1H3/b14-11+;. The Morgan fingerprint density at radius 2 is 1.46 bits per heavy atom. The lowest BCUT2D eigenvalue weighted by Crippen LogP contribution is -2.32.